The van der Waals surface area contributed by atoms with E-state index in [0.717, 1.165) is 12.3 Å². The number of benzene rings is 1. The van der Waals surface area contributed by atoms with E-state index in [0.29, 0.717) is 24.1 Å². The minimum absolute atomic E-state index is 0.275. The number of pyridine rings is 1. The van der Waals surface area contributed by atoms with Crippen LogP contribution in [0.5, 0.6) is 0 Å². The summed E-state index contributed by atoms with van der Waals surface area (Å²) in [5.41, 5.74) is 1.01. The first-order chi connectivity index (χ1) is 9.60. The molecule has 2 rings (SSSR count). The van der Waals surface area contributed by atoms with Gasteiger partial charge >= 0.3 is 0 Å². The lowest BCUT2D eigenvalue weighted by Crippen LogP contribution is -2.23. The van der Waals surface area contributed by atoms with E-state index in [1.807, 2.05) is 6.92 Å². The molecule has 0 saturated heterocycles. The monoisotopic (exact) mass is 280 g/mol. The number of nitrogens with zero attached hydrogens (tertiary/aromatic N) is 1. The smallest absolute Gasteiger partial charge is 0.141 e. The van der Waals surface area contributed by atoms with Gasteiger partial charge in [0.2, 0.25) is 0 Å². The van der Waals surface area contributed by atoms with Gasteiger partial charge in [-0.3, -0.25) is 4.98 Å². The van der Waals surface area contributed by atoms with Crippen molar-refractivity contribution >= 4 is 0 Å². The number of halogens is 3. The van der Waals surface area contributed by atoms with Crippen LogP contribution in [0.4, 0.5) is 13.2 Å². The molecule has 0 radical (unpaired) electrons. The molecule has 1 N–H and O–H groups in total. The lowest BCUT2D eigenvalue weighted by molar-refractivity contribution is 0.515. The highest BCUT2D eigenvalue weighted by molar-refractivity contribution is 5.23. The Hall–Kier alpha value is -1.88. The fraction of sp³-hybridized carbons (Fsp3) is 0.267. The standard InChI is InChI=1S/C15H15F3N2/c1-2-20-15(11-5-13(17)9-19-8-11)6-10-3-4-12(16)7-14(10)18/h3-5,7-9,15,20H,2,6H2,1H3. The maximum Gasteiger partial charge on any atom is 0.141 e. The van der Waals surface area contributed by atoms with E-state index in [2.05, 4.69) is 10.3 Å². The summed E-state index contributed by atoms with van der Waals surface area (Å²) >= 11 is 0. The zero-order valence-electron chi connectivity index (χ0n) is 11.0. The van der Waals surface area contributed by atoms with Crippen molar-refractivity contribution in [3.8, 4) is 0 Å². The topological polar surface area (TPSA) is 24.9 Å². The van der Waals surface area contributed by atoms with Crippen molar-refractivity contribution in [1.29, 1.82) is 0 Å². The first kappa shape index (κ1) is 14.5. The highest BCUT2D eigenvalue weighted by atomic mass is 19.1. The van der Waals surface area contributed by atoms with Gasteiger partial charge in [-0.05, 0) is 36.2 Å². The highest BCUT2D eigenvalue weighted by Crippen LogP contribution is 2.20. The summed E-state index contributed by atoms with van der Waals surface area (Å²) in [6, 6.07) is 4.56. The Bertz CT molecular complexity index is 587. The molecular formula is C15H15F3N2. The van der Waals surface area contributed by atoms with Gasteiger partial charge in [0, 0.05) is 18.3 Å². The van der Waals surface area contributed by atoms with Gasteiger partial charge in [-0.1, -0.05) is 13.0 Å². The molecule has 1 atom stereocenters. The Morgan fingerprint density at radius 2 is 1.90 bits per heavy atom. The number of rotatable bonds is 5. The van der Waals surface area contributed by atoms with E-state index >= 15 is 0 Å². The molecule has 1 aromatic carbocycles. The normalized spacial score (nSPS) is 12.4. The van der Waals surface area contributed by atoms with E-state index in [-0.39, 0.29) is 6.04 Å². The molecule has 0 fully saturated rings. The summed E-state index contributed by atoms with van der Waals surface area (Å²) in [6.45, 7) is 2.55. The molecule has 0 bridgehead atoms. The van der Waals surface area contributed by atoms with Crippen molar-refractivity contribution in [2.75, 3.05) is 6.54 Å². The quantitative estimate of drug-likeness (QED) is 0.908. The fourth-order valence-electron chi connectivity index (χ4n) is 2.08. The summed E-state index contributed by atoms with van der Waals surface area (Å²) in [5.74, 6) is -1.65. The molecule has 1 unspecified atom stereocenters. The molecule has 0 spiro atoms. The third-order valence-corrected chi connectivity index (χ3v) is 3.02. The van der Waals surface area contributed by atoms with Crippen LogP contribution >= 0.6 is 0 Å². The Morgan fingerprint density at radius 1 is 1.10 bits per heavy atom. The molecule has 5 heteroatoms. The van der Waals surface area contributed by atoms with Crippen LogP contribution in [-0.4, -0.2) is 11.5 Å². The van der Waals surface area contributed by atoms with E-state index in [1.54, 1.807) is 0 Å². The zero-order valence-corrected chi connectivity index (χ0v) is 11.0. The Labute approximate surface area is 115 Å². The van der Waals surface area contributed by atoms with E-state index in [9.17, 15) is 13.2 Å². The molecule has 1 heterocycles. The molecule has 0 amide bonds. The number of hydrogen-bond acceptors (Lipinski definition) is 2. The van der Waals surface area contributed by atoms with Crippen molar-refractivity contribution in [3.63, 3.8) is 0 Å². The average molecular weight is 280 g/mol. The summed E-state index contributed by atoms with van der Waals surface area (Å²) in [7, 11) is 0. The van der Waals surface area contributed by atoms with Gasteiger partial charge in [-0.2, -0.15) is 0 Å². The summed E-state index contributed by atoms with van der Waals surface area (Å²) in [4.78, 5) is 3.80. The van der Waals surface area contributed by atoms with Crippen molar-refractivity contribution in [2.45, 2.75) is 19.4 Å². The summed E-state index contributed by atoms with van der Waals surface area (Å²) < 4.78 is 39.8. The maximum absolute atomic E-state index is 13.7. The maximum atomic E-state index is 13.7. The third kappa shape index (κ3) is 3.57. The summed E-state index contributed by atoms with van der Waals surface area (Å²) in [5, 5.41) is 3.15. The molecule has 1 aromatic heterocycles. The minimum Gasteiger partial charge on any atom is -0.310 e. The first-order valence-corrected chi connectivity index (χ1v) is 6.38. The van der Waals surface area contributed by atoms with Crippen LogP contribution in [0.15, 0.2) is 36.7 Å². The van der Waals surface area contributed by atoms with Gasteiger partial charge < -0.3 is 5.32 Å². The fourth-order valence-corrected chi connectivity index (χ4v) is 2.08. The lowest BCUT2D eigenvalue weighted by atomic mass is 9.99. The largest absolute Gasteiger partial charge is 0.310 e. The lowest BCUT2D eigenvalue weighted by Gasteiger charge is -2.18. The SMILES string of the molecule is CCNC(Cc1ccc(F)cc1F)c1cncc(F)c1. The van der Waals surface area contributed by atoms with E-state index in [4.69, 9.17) is 0 Å². The van der Waals surface area contributed by atoms with Gasteiger partial charge in [0.15, 0.2) is 0 Å². The van der Waals surface area contributed by atoms with E-state index < -0.39 is 17.5 Å². The van der Waals surface area contributed by atoms with Crippen molar-refractivity contribution < 1.29 is 13.2 Å². The number of nitrogens with one attached hydrogen (secondary N) is 1. The van der Waals surface area contributed by atoms with Crippen molar-refractivity contribution in [2.24, 2.45) is 0 Å². The third-order valence-electron chi connectivity index (χ3n) is 3.02. The van der Waals surface area contributed by atoms with Crippen LogP contribution in [-0.2, 0) is 6.42 Å². The zero-order chi connectivity index (χ0) is 14.5. The molecule has 0 aliphatic carbocycles. The van der Waals surface area contributed by atoms with Gasteiger partial charge in [0.05, 0.1) is 6.20 Å². The molecule has 106 valence electrons. The van der Waals surface area contributed by atoms with Gasteiger partial charge in [-0.15, -0.1) is 0 Å². The van der Waals surface area contributed by atoms with Crippen LogP contribution < -0.4 is 5.32 Å². The molecule has 2 nitrogen and oxygen atoms in total. The molecule has 0 aliphatic rings. The van der Waals surface area contributed by atoms with Crippen LogP contribution in [0.1, 0.15) is 24.1 Å². The Balaban J connectivity index is 2.25. The Morgan fingerprint density at radius 3 is 2.55 bits per heavy atom. The first-order valence-electron chi connectivity index (χ1n) is 6.38. The van der Waals surface area contributed by atoms with Gasteiger partial charge in [-0.25, -0.2) is 13.2 Å². The second-order valence-electron chi connectivity index (χ2n) is 4.49. The van der Waals surface area contributed by atoms with Crippen molar-refractivity contribution in [1.82, 2.24) is 10.3 Å². The molecule has 0 aliphatic heterocycles. The van der Waals surface area contributed by atoms with Crippen LogP contribution in [0, 0.1) is 17.5 Å². The minimum atomic E-state index is -0.612. The average Bonchev–Trinajstić information content (AvgIpc) is 2.41. The molecule has 2 aromatic rings. The predicted molar refractivity (Wildman–Crippen MR) is 70.7 cm³/mol. The van der Waals surface area contributed by atoms with Crippen LogP contribution in [0.3, 0.4) is 0 Å². The number of aromatic nitrogens is 1. The van der Waals surface area contributed by atoms with Crippen molar-refractivity contribution in [3.05, 3.63) is 65.2 Å². The molecular weight excluding hydrogens is 265 g/mol. The molecule has 20 heavy (non-hydrogen) atoms. The highest BCUT2D eigenvalue weighted by Gasteiger charge is 2.15. The van der Waals surface area contributed by atoms with E-state index in [1.165, 1.54) is 24.4 Å². The van der Waals surface area contributed by atoms with Crippen LogP contribution in [0.25, 0.3) is 0 Å². The number of likely N-dealkylation sites (N-methyl/N-ethyl adjacent to an activating group) is 1. The van der Waals surface area contributed by atoms with Gasteiger partial charge in [0.25, 0.3) is 0 Å². The van der Waals surface area contributed by atoms with Crippen LogP contribution in [0.2, 0.25) is 0 Å². The van der Waals surface area contributed by atoms with Gasteiger partial charge in [0.1, 0.15) is 17.5 Å². The second-order valence-corrected chi connectivity index (χ2v) is 4.49. The second kappa shape index (κ2) is 6.52. The summed E-state index contributed by atoms with van der Waals surface area (Å²) in [6.07, 6.45) is 2.95. The Kier molecular flexibility index (Phi) is 4.74. The number of hydrogen-bond donors (Lipinski definition) is 1. The predicted octanol–water partition coefficient (Wildman–Crippen LogP) is 3.39. The molecule has 0 saturated carbocycles.